The van der Waals surface area contributed by atoms with Crippen molar-refractivity contribution >= 4 is 0 Å². The summed E-state index contributed by atoms with van der Waals surface area (Å²) in [5.41, 5.74) is 5.53. The summed E-state index contributed by atoms with van der Waals surface area (Å²) in [7, 11) is 0. The molecule has 1 heterocycles. The predicted octanol–water partition coefficient (Wildman–Crippen LogP) is 0.770. The van der Waals surface area contributed by atoms with E-state index in [9.17, 15) is 0 Å². The molecule has 0 unspecified atom stereocenters. The van der Waals surface area contributed by atoms with E-state index in [-0.39, 0.29) is 0 Å². The summed E-state index contributed by atoms with van der Waals surface area (Å²) in [4.78, 5) is 5.02. The average Bonchev–Trinajstić information content (AvgIpc) is 2.37. The molecule has 4 heteroatoms. The molecule has 0 radical (unpaired) electrons. The zero-order chi connectivity index (χ0) is 12.3. The van der Waals surface area contributed by atoms with E-state index < -0.39 is 0 Å². The number of nitrogens with two attached hydrogens (primary N) is 1. The van der Waals surface area contributed by atoms with E-state index in [1.165, 1.54) is 39.0 Å². The third kappa shape index (κ3) is 6.99. The Kier molecular flexibility index (Phi) is 8.61. The van der Waals surface area contributed by atoms with Gasteiger partial charge in [-0.05, 0) is 25.9 Å². The summed E-state index contributed by atoms with van der Waals surface area (Å²) < 4.78 is 5.60. The number of unbranched alkanes of at least 4 members (excludes halogenated alkanes) is 1. The summed E-state index contributed by atoms with van der Waals surface area (Å²) in [5.74, 6) is 0. The van der Waals surface area contributed by atoms with Crippen molar-refractivity contribution in [3.8, 4) is 0 Å². The van der Waals surface area contributed by atoms with Crippen molar-refractivity contribution in [1.29, 1.82) is 0 Å². The average molecular weight is 243 g/mol. The van der Waals surface area contributed by atoms with E-state index in [4.69, 9.17) is 10.5 Å². The molecular formula is C13H29N3O. The second-order valence-electron chi connectivity index (χ2n) is 4.79. The Hall–Kier alpha value is -0.160. The fraction of sp³-hybridized carbons (Fsp3) is 1.00. The van der Waals surface area contributed by atoms with E-state index in [0.717, 1.165) is 39.3 Å². The topological polar surface area (TPSA) is 41.7 Å². The Morgan fingerprint density at radius 2 is 1.59 bits per heavy atom. The zero-order valence-electron chi connectivity index (χ0n) is 11.4. The second kappa shape index (κ2) is 9.83. The molecule has 1 saturated heterocycles. The maximum absolute atomic E-state index is 5.60. The number of rotatable bonds is 9. The normalized spacial score (nSPS) is 18.7. The second-order valence-corrected chi connectivity index (χ2v) is 4.79. The van der Waals surface area contributed by atoms with E-state index >= 15 is 0 Å². The molecule has 0 atom stereocenters. The van der Waals surface area contributed by atoms with E-state index in [2.05, 4.69) is 16.7 Å². The molecule has 1 aliphatic heterocycles. The Morgan fingerprint density at radius 1 is 0.941 bits per heavy atom. The molecule has 2 N–H and O–H groups in total. The van der Waals surface area contributed by atoms with Crippen LogP contribution in [0.2, 0.25) is 0 Å². The summed E-state index contributed by atoms with van der Waals surface area (Å²) in [5, 5.41) is 0. The van der Waals surface area contributed by atoms with Crippen molar-refractivity contribution in [3.63, 3.8) is 0 Å². The number of hydrogen-bond donors (Lipinski definition) is 1. The first-order chi connectivity index (χ1) is 8.36. The minimum atomic E-state index is 0.811. The monoisotopic (exact) mass is 243 g/mol. The number of hydrogen-bond acceptors (Lipinski definition) is 4. The number of ether oxygens (including phenoxy) is 1. The summed E-state index contributed by atoms with van der Waals surface area (Å²) >= 11 is 0. The van der Waals surface area contributed by atoms with Crippen LogP contribution in [0.5, 0.6) is 0 Å². The largest absolute Gasteiger partial charge is 0.380 e. The van der Waals surface area contributed by atoms with Gasteiger partial charge in [0.25, 0.3) is 0 Å². The Morgan fingerprint density at radius 3 is 2.18 bits per heavy atom. The molecule has 0 aromatic rings. The van der Waals surface area contributed by atoms with Crippen LogP contribution in [0.4, 0.5) is 0 Å². The fourth-order valence-electron chi connectivity index (χ4n) is 2.09. The van der Waals surface area contributed by atoms with Crippen molar-refractivity contribution < 1.29 is 4.74 Å². The minimum Gasteiger partial charge on any atom is -0.380 e. The highest BCUT2D eigenvalue weighted by Gasteiger charge is 2.15. The van der Waals surface area contributed by atoms with E-state index in [0.29, 0.717) is 0 Å². The third-order valence-electron chi connectivity index (χ3n) is 3.34. The molecule has 0 amide bonds. The third-order valence-corrected chi connectivity index (χ3v) is 3.34. The first-order valence-electron chi connectivity index (χ1n) is 7.09. The SMILES string of the molecule is CCCCOCCN1CCN(CCCN)CC1. The number of nitrogens with zero attached hydrogens (tertiary/aromatic N) is 2. The van der Waals surface area contributed by atoms with Crippen LogP contribution in [0, 0.1) is 0 Å². The van der Waals surface area contributed by atoms with Crippen molar-refractivity contribution in [1.82, 2.24) is 9.80 Å². The van der Waals surface area contributed by atoms with Gasteiger partial charge in [-0.1, -0.05) is 13.3 Å². The van der Waals surface area contributed by atoms with Crippen molar-refractivity contribution in [2.75, 3.05) is 59.0 Å². The lowest BCUT2D eigenvalue weighted by molar-refractivity contribution is 0.0743. The first-order valence-corrected chi connectivity index (χ1v) is 7.09. The molecule has 1 fully saturated rings. The smallest absolute Gasteiger partial charge is 0.0593 e. The lowest BCUT2D eigenvalue weighted by Gasteiger charge is -2.34. The molecule has 0 spiro atoms. The summed E-state index contributed by atoms with van der Waals surface area (Å²) in [6, 6.07) is 0. The predicted molar refractivity (Wildman–Crippen MR) is 72.3 cm³/mol. The number of piperazine rings is 1. The van der Waals surface area contributed by atoms with Crippen LogP contribution >= 0.6 is 0 Å². The molecule has 0 bridgehead atoms. The lowest BCUT2D eigenvalue weighted by Crippen LogP contribution is -2.47. The van der Waals surface area contributed by atoms with Crippen LogP contribution in [0.3, 0.4) is 0 Å². The molecule has 1 rings (SSSR count). The highest BCUT2D eigenvalue weighted by atomic mass is 16.5. The van der Waals surface area contributed by atoms with Gasteiger partial charge >= 0.3 is 0 Å². The van der Waals surface area contributed by atoms with Crippen LogP contribution < -0.4 is 5.73 Å². The van der Waals surface area contributed by atoms with Gasteiger partial charge in [-0.15, -0.1) is 0 Å². The van der Waals surface area contributed by atoms with E-state index in [1.54, 1.807) is 0 Å². The Balaban J connectivity index is 1.95. The van der Waals surface area contributed by atoms with Gasteiger partial charge in [0.15, 0.2) is 0 Å². The lowest BCUT2D eigenvalue weighted by atomic mass is 10.3. The standard InChI is InChI=1S/C13H29N3O/c1-2-3-12-17-13-11-16-9-7-15(8-10-16)6-4-5-14/h2-14H2,1H3. The van der Waals surface area contributed by atoms with E-state index in [1.807, 2.05) is 0 Å². The van der Waals surface area contributed by atoms with Crippen molar-refractivity contribution in [2.24, 2.45) is 5.73 Å². The van der Waals surface area contributed by atoms with Crippen LogP contribution in [0.25, 0.3) is 0 Å². The summed E-state index contributed by atoms with van der Waals surface area (Å²) in [6.45, 7) is 11.8. The van der Waals surface area contributed by atoms with Crippen LogP contribution in [-0.2, 0) is 4.74 Å². The molecule has 0 saturated carbocycles. The zero-order valence-corrected chi connectivity index (χ0v) is 11.4. The minimum absolute atomic E-state index is 0.811. The first kappa shape index (κ1) is 14.9. The molecule has 4 nitrogen and oxygen atoms in total. The van der Waals surface area contributed by atoms with Gasteiger partial charge in [-0.3, -0.25) is 4.90 Å². The maximum Gasteiger partial charge on any atom is 0.0593 e. The van der Waals surface area contributed by atoms with Gasteiger partial charge in [0.2, 0.25) is 0 Å². The summed E-state index contributed by atoms with van der Waals surface area (Å²) in [6.07, 6.45) is 3.53. The Bertz CT molecular complexity index is 167. The van der Waals surface area contributed by atoms with Gasteiger partial charge in [-0.2, -0.15) is 0 Å². The highest BCUT2D eigenvalue weighted by Crippen LogP contribution is 2.02. The van der Waals surface area contributed by atoms with Gasteiger partial charge in [0, 0.05) is 39.3 Å². The molecule has 0 aromatic heterocycles. The molecular weight excluding hydrogens is 214 g/mol. The quantitative estimate of drug-likeness (QED) is 0.607. The molecule has 0 aromatic carbocycles. The van der Waals surface area contributed by atoms with Gasteiger partial charge < -0.3 is 15.4 Å². The van der Waals surface area contributed by atoms with Gasteiger partial charge in [-0.25, -0.2) is 0 Å². The van der Waals surface area contributed by atoms with Crippen LogP contribution in [-0.4, -0.2) is 68.8 Å². The van der Waals surface area contributed by atoms with Crippen LogP contribution in [0.1, 0.15) is 26.2 Å². The van der Waals surface area contributed by atoms with Crippen molar-refractivity contribution in [2.45, 2.75) is 26.2 Å². The Labute approximate surface area is 106 Å². The molecule has 1 aliphatic rings. The molecule has 0 aliphatic carbocycles. The maximum atomic E-state index is 5.60. The van der Waals surface area contributed by atoms with Crippen molar-refractivity contribution in [3.05, 3.63) is 0 Å². The van der Waals surface area contributed by atoms with Gasteiger partial charge in [0.05, 0.1) is 6.61 Å². The fourth-order valence-corrected chi connectivity index (χ4v) is 2.09. The highest BCUT2D eigenvalue weighted by molar-refractivity contribution is 4.71. The molecule has 102 valence electrons. The molecule has 17 heavy (non-hydrogen) atoms. The van der Waals surface area contributed by atoms with Crippen LogP contribution in [0.15, 0.2) is 0 Å². The van der Waals surface area contributed by atoms with Gasteiger partial charge in [0.1, 0.15) is 0 Å².